The molecule has 0 saturated carbocycles. The number of benzene rings is 2. The number of rotatable bonds is 12. The summed E-state index contributed by atoms with van der Waals surface area (Å²) >= 11 is 0. The highest BCUT2D eigenvalue weighted by atomic mass is 19.1. The van der Waals surface area contributed by atoms with Crippen molar-refractivity contribution < 1.29 is 32.6 Å². The van der Waals surface area contributed by atoms with Crippen molar-refractivity contribution in [3.05, 3.63) is 94.9 Å². The zero-order valence-electron chi connectivity index (χ0n) is 24.0. The first-order chi connectivity index (χ1) is 20.1. The lowest BCUT2D eigenvalue weighted by Gasteiger charge is -2.30. The number of fused-ring (bicyclic) bond motifs is 1. The number of aromatic nitrogens is 2. The van der Waals surface area contributed by atoms with Crippen LogP contribution in [0.2, 0.25) is 0 Å². The zero-order chi connectivity index (χ0) is 30.3. The molecule has 222 valence electrons. The Kier molecular flexibility index (Phi) is 9.61. The molecule has 0 bridgehead atoms. The monoisotopic (exact) mass is 580 g/mol. The second kappa shape index (κ2) is 13.3. The number of nitrogens with one attached hydrogen (secondary N) is 2. The lowest BCUT2D eigenvalue weighted by Crippen LogP contribution is -2.53. The van der Waals surface area contributed by atoms with Gasteiger partial charge in [0, 0.05) is 12.6 Å². The van der Waals surface area contributed by atoms with Crippen LogP contribution >= 0.6 is 0 Å². The molecule has 9 nitrogen and oxygen atoms in total. The molecule has 42 heavy (non-hydrogen) atoms. The van der Waals surface area contributed by atoms with E-state index in [1.54, 1.807) is 13.1 Å². The quantitative estimate of drug-likeness (QED) is 0.222. The molecule has 0 radical (unpaired) electrons. The number of hydrogen-bond acceptors (Lipinski definition) is 6. The number of hydrogen-bond donors (Lipinski definition) is 2. The van der Waals surface area contributed by atoms with Crippen molar-refractivity contribution in [2.75, 3.05) is 13.7 Å². The molecule has 0 aliphatic heterocycles. The molecule has 4 aromatic rings. The van der Waals surface area contributed by atoms with E-state index in [0.717, 1.165) is 24.1 Å². The van der Waals surface area contributed by atoms with Crippen LogP contribution in [0.1, 0.15) is 54.0 Å². The first-order valence-electron chi connectivity index (χ1n) is 13.5. The van der Waals surface area contributed by atoms with Gasteiger partial charge in [-0.1, -0.05) is 49.7 Å². The second-order valence-corrected chi connectivity index (χ2v) is 10.2. The maximum atomic E-state index is 14.2. The molecule has 2 aromatic carbocycles. The summed E-state index contributed by atoms with van der Waals surface area (Å²) < 4.78 is 46.4. The molecule has 2 amide bonds. The van der Waals surface area contributed by atoms with Crippen molar-refractivity contribution in [1.82, 2.24) is 20.0 Å². The summed E-state index contributed by atoms with van der Waals surface area (Å²) in [5.41, 5.74) is 0.729. The molecule has 2 N–H and O–H groups in total. The normalized spacial score (nSPS) is 12.4. The number of imidazole rings is 1. The van der Waals surface area contributed by atoms with E-state index >= 15 is 0 Å². The van der Waals surface area contributed by atoms with Gasteiger partial charge >= 0.3 is 6.09 Å². The Morgan fingerprint density at radius 3 is 2.43 bits per heavy atom. The third kappa shape index (κ3) is 7.15. The number of pyridine rings is 1. The average Bonchev–Trinajstić information content (AvgIpc) is 3.31. The molecule has 2 aromatic heterocycles. The van der Waals surface area contributed by atoms with Gasteiger partial charge in [0.25, 0.3) is 5.91 Å². The molecule has 0 spiro atoms. The van der Waals surface area contributed by atoms with Crippen LogP contribution in [0.5, 0.6) is 11.5 Å². The second-order valence-electron chi connectivity index (χ2n) is 10.2. The molecule has 0 aliphatic rings. The number of amides is 2. The number of methoxy groups -OCH3 is 1. The molecule has 0 fully saturated rings. The zero-order valence-corrected chi connectivity index (χ0v) is 24.0. The maximum absolute atomic E-state index is 14.2. The standard InChI is InChI=1S/C31H34F2N4O5/c1-5-14-31(3,36-30(39)42-17-21-10-7-6-8-11-21)19-34-29(38)27-20(2)35-28-26(15-22(40-4)16-37(27)28)41-18-23-24(32)12-9-13-25(23)33/h6-13,15-16H,5,14,17-19H2,1-4H3,(H,34,38)(H,36,39). The van der Waals surface area contributed by atoms with Gasteiger partial charge in [0.05, 0.1) is 30.1 Å². The van der Waals surface area contributed by atoms with Crippen LogP contribution in [0.4, 0.5) is 13.6 Å². The number of carbonyl (C=O) groups is 2. The number of carbonyl (C=O) groups excluding carboxylic acids is 2. The predicted octanol–water partition coefficient (Wildman–Crippen LogP) is 5.72. The Labute approximate surface area is 242 Å². The molecular formula is C31H34F2N4O5. The Balaban J connectivity index is 1.51. The van der Waals surface area contributed by atoms with Crippen molar-refractivity contribution in [2.24, 2.45) is 0 Å². The fraction of sp³-hybridized carbons (Fsp3) is 0.323. The van der Waals surface area contributed by atoms with Gasteiger partial charge in [0.1, 0.15) is 36.3 Å². The van der Waals surface area contributed by atoms with Crippen LogP contribution in [0.15, 0.2) is 60.8 Å². The van der Waals surface area contributed by atoms with E-state index in [2.05, 4.69) is 15.6 Å². The summed E-state index contributed by atoms with van der Waals surface area (Å²) in [6, 6.07) is 14.4. The molecular weight excluding hydrogens is 546 g/mol. The largest absolute Gasteiger partial charge is 0.495 e. The number of nitrogens with zero attached hydrogens (tertiary/aromatic N) is 2. The van der Waals surface area contributed by atoms with Gasteiger partial charge in [0.15, 0.2) is 11.4 Å². The summed E-state index contributed by atoms with van der Waals surface area (Å²) in [7, 11) is 1.45. The van der Waals surface area contributed by atoms with Gasteiger partial charge < -0.3 is 24.8 Å². The van der Waals surface area contributed by atoms with Crippen LogP contribution in [0, 0.1) is 18.6 Å². The summed E-state index contributed by atoms with van der Waals surface area (Å²) in [6.45, 7) is 5.32. The number of alkyl carbamates (subject to hydrolysis) is 1. The molecule has 0 saturated heterocycles. The van der Waals surface area contributed by atoms with Crippen molar-refractivity contribution in [3.8, 4) is 11.5 Å². The lowest BCUT2D eigenvalue weighted by molar-refractivity contribution is 0.0921. The fourth-order valence-electron chi connectivity index (χ4n) is 4.63. The first-order valence-corrected chi connectivity index (χ1v) is 13.5. The predicted molar refractivity (Wildman–Crippen MR) is 153 cm³/mol. The summed E-state index contributed by atoms with van der Waals surface area (Å²) in [5, 5.41) is 5.79. The average molecular weight is 581 g/mol. The van der Waals surface area contributed by atoms with Crippen LogP contribution in [0.25, 0.3) is 5.65 Å². The summed E-state index contributed by atoms with van der Waals surface area (Å²) in [5.74, 6) is -1.39. The van der Waals surface area contributed by atoms with E-state index < -0.39 is 35.8 Å². The Hall–Kier alpha value is -4.67. The highest BCUT2D eigenvalue weighted by Crippen LogP contribution is 2.29. The van der Waals surface area contributed by atoms with Crippen molar-refractivity contribution in [1.29, 1.82) is 0 Å². The molecule has 11 heteroatoms. The van der Waals surface area contributed by atoms with E-state index in [0.29, 0.717) is 17.9 Å². The van der Waals surface area contributed by atoms with Crippen LogP contribution in [-0.4, -0.2) is 40.6 Å². The van der Waals surface area contributed by atoms with Gasteiger partial charge in [0.2, 0.25) is 0 Å². The third-order valence-corrected chi connectivity index (χ3v) is 6.78. The van der Waals surface area contributed by atoms with E-state index in [-0.39, 0.29) is 35.8 Å². The van der Waals surface area contributed by atoms with Gasteiger partial charge in [-0.2, -0.15) is 0 Å². The fourth-order valence-corrected chi connectivity index (χ4v) is 4.63. The number of ether oxygens (including phenoxy) is 3. The smallest absolute Gasteiger partial charge is 0.407 e. The topological polar surface area (TPSA) is 103 Å². The highest BCUT2D eigenvalue weighted by Gasteiger charge is 2.29. The minimum Gasteiger partial charge on any atom is -0.495 e. The molecule has 4 rings (SSSR count). The van der Waals surface area contributed by atoms with Gasteiger partial charge in [-0.25, -0.2) is 18.6 Å². The van der Waals surface area contributed by atoms with Crippen LogP contribution in [-0.2, 0) is 18.0 Å². The minimum atomic E-state index is -0.789. The van der Waals surface area contributed by atoms with E-state index in [1.807, 2.05) is 44.2 Å². The van der Waals surface area contributed by atoms with Crippen LogP contribution < -0.4 is 20.1 Å². The maximum Gasteiger partial charge on any atom is 0.407 e. The van der Waals surface area contributed by atoms with E-state index in [4.69, 9.17) is 14.2 Å². The van der Waals surface area contributed by atoms with Gasteiger partial charge in [-0.15, -0.1) is 0 Å². The SMILES string of the molecule is CCCC(C)(CNC(=O)c1c(C)nc2c(OCc3c(F)cccc3F)cc(OC)cn12)NC(=O)OCc1ccccc1. The molecule has 1 unspecified atom stereocenters. The Morgan fingerprint density at radius 2 is 1.76 bits per heavy atom. The minimum absolute atomic E-state index is 0.118. The van der Waals surface area contributed by atoms with Gasteiger partial charge in [-0.3, -0.25) is 9.20 Å². The summed E-state index contributed by atoms with van der Waals surface area (Å²) in [4.78, 5) is 30.6. The summed E-state index contributed by atoms with van der Waals surface area (Å²) in [6.07, 6.45) is 2.32. The highest BCUT2D eigenvalue weighted by molar-refractivity contribution is 5.95. The molecule has 0 aliphatic carbocycles. The first kappa shape index (κ1) is 30.3. The van der Waals surface area contributed by atoms with E-state index in [9.17, 15) is 18.4 Å². The van der Waals surface area contributed by atoms with Gasteiger partial charge in [-0.05, 0) is 38.0 Å². The molecule has 2 heterocycles. The Bertz CT molecular complexity index is 1540. The van der Waals surface area contributed by atoms with E-state index in [1.165, 1.54) is 23.6 Å². The Morgan fingerprint density at radius 1 is 1.05 bits per heavy atom. The number of aryl methyl sites for hydroxylation is 1. The number of halogens is 2. The van der Waals surface area contributed by atoms with Crippen LogP contribution in [0.3, 0.4) is 0 Å². The van der Waals surface area contributed by atoms with Crippen molar-refractivity contribution in [3.63, 3.8) is 0 Å². The molecule has 1 atom stereocenters. The third-order valence-electron chi connectivity index (χ3n) is 6.78. The lowest BCUT2D eigenvalue weighted by atomic mass is 9.96. The van der Waals surface area contributed by atoms with Crippen molar-refractivity contribution >= 4 is 17.6 Å². The van der Waals surface area contributed by atoms with Crippen molar-refractivity contribution in [2.45, 2.75) is 52.4 Å².